The normalized spacial score (nSPS) is 13.7. The van der Waals surface area contributed by atoms with E-state index in [1.165, 1.54) is 12.1 Å². The SMILES string of the molecule is CC(C)n1ncc(Cl)c1C(O)C(C)(C)c1ccc(F)cc1. The van der Waals surface area contributed by atoms with E-state index in [4.69, 9.17) is 11.6 Å². The number of hydrogen-bond acceptors (Lipinski definition) is 2. The van der Waals surface area contributed by atoms with Gasteiger partial charge in [-0.15, -0.1) is 0 Å². The lowest BCUT2D eigenvalue weighted by Crippen LogP contribution is -2.29. The van der Waals surface area contributed by atoms with Crippen LogP contribution in [0, 0.1) is 5.82 Å². The first-order valence-corrected chi connectivity index (χ1v) is 7.30. The number of aliphatic hydroxyl groups is 1. The monoisotopic (exact) mass is 310 g/mol. The molecule has 0 saturated carbocycles. The Morgan fingerprint density at radius 3 is 2.33 bits per heavy atom. The second-order valence-electron chi connectivity index (χ2n) is 6.05. The summed E-state index contributed by atoms with van der Waals surface area (Å²) in [7, 11) is 0. The van der Waals surface area contributed by atoms with Gasteiger partial charge in [0, 0.05) is 11.5 Å². The summed E-state index contributed by atoms with van der Waals surface area (Å²) in [5, 5.41) is 15.5. The number of nitrogens with zero attached hydrogens (tertiary/aromatic N) is 2. The van der Waals surface area contributed by atoms with Gasteiger partial charge >= 0.3 is 0 Å². The van der Waals surface area contributed by atoms with Gasteiger partial charge in [0.1, 0.15) is 11.9 Å². The molecule has 1 aromatic carbocycles. The highest BCUT2D eigenvalue weighted by atomic mass is 35.5. The van der Waals surface area contributed by atoms with Crippen molar-refractivity contribution < 1.29 is 9.50 Å². The lowest BCUT2D eigenvalue weighted by molar-refractivity contribution is 0.0898. The van der Waals surface area contributed by atoms with E-state index in [1.807, 2.05) is 27.7 Å². The molecule has 2 rings (SSSR count). The van der Waals surface area contributed by atoms with Gasteiger partial charge in [-0.25, -0.2) is 4.39 Å². The smallest absolute Gasteiger partial charge is 0.123 e. The fourth-order valence-electron chi connectivity index (χ4n) is 2.40. The van der Waals surface area contributed by atoms with Crippen molar-refractivity contribution in [2.75, 3.05) is 0 Å². The maximum Gasteiger partial charge on any atom is 0.123 e. The Hall–Kier alpha value is -1.39. The first-order chi connectivity index (χ1) is 9.75. The quantitative estimate of drug-likeness (QED) is 0.916. The van der Waals surface area contributed by atoms with Crippen molar-refractivity contribution in [1.29, 1.82) is 0 Å². The Bertz CT molecular complexity index is 620. The van der Waals surface area contributed by atoms with Crippen molar-refractivity contribution >= 4 is 11.6 Å². The van der Waals surface area contributed by atoms with Crippen LogP contribution in [0.15, 0.2) is 30.5 Å². The molecule has 114 valence electrons. The van der Waals surface area contributed by atoms with E-state index >= 15 is 0 Å². The van der Waals surface area contributed by atoms with Gasteiger partial charge in [0.25, 0.3) is 0 Å². The fourth-order valence-corrected chi connectivity index (χ4v) is 2.63. The summed E-state index contributed by atoms with van der Waals surface area (Å²) in [5.74, 6) is -0.297. The van der Waals surface area contributed by atoms with Gasteiger partial charge < -0.3 is 5.11 Å². The van der Waals surface area contributed by atoms with E-state index in [1.54, 1.807) is 23.0 Å². The third-order valence-electron chi connectivity index (χ3n) is 3.81. The van der Waals surface area contributed by atoms with Crippen molar-refractivity contribution in [3.05, 3.63) is 52.6 Å². The molecule has 1 unspecified atom stereocenters. The van der Waals surface area contributed by atoms with Crippen molar-refractivity contribution in [3.8, 4) is 0 Å². The van der Waals surface area contributed by atoms with Crippen LogP contribution in [0.25, 0.3) is 0 Å². The number of halogens is 2. The van der Waals surface area contributed by atoms with Crippen LogP contribution in [0.4, 0.5) is 4.39 Å². The van der Waals surface area contributed by atoms with Crippen molar-refractivity contribution in [1.82, 2.24) is 9.78 Å². The van der Waals surface area contributed by atoms with E-state index < -0.39 is 11.5 Å². The van der Waals surface area contributed by atoms with E-state index in [-0.39, 0.29) is 11.9 Å². The maximum absolute atomic E-state index is 13.1. The summed E-state index contributed by atoms with van der Waals surface area (Å²) >= 11 is 6.20. The highest BCUT2D eigenvalue weighted by Crippen LogP contribution is 2.40. The molecule has 1 N–H and O–H groups in total. The molecule has 1 heterocycles. The second-order valence-corrected chi connectivity index (χ2v) is 6.45. The highest BCUT2D eigenvalue weighted by Gasteiger charge is 2.35. The van der Waals surface area contributed by atoms with Crippen LogP contribution in [0.5, 0.6) is 0 Å². The lowest BCUT2D eigenvalue weighted by Gasteiger charge is -2.32. The van der Waals surface area contributed by atoms with Crippen LogP contribution in [-0.4, -0.2) is 14.9 Å². The molecular formula is C16H20ClFN2O. The first kappa shape index (κ1) is 16.0. The Morgan fingerprint density at radius 1 is 1.24 bits per heavy atom. The van der Waals surface area contributed by atoms with Gasteiger partial charge in [0.15, 0.2) is 0 Å². The summed E-state index contributed by atoms with van der Waals surface area (Å²) in [6.45, 7) is 7.76. The van der Waals surface area contributed by atoms with Crippen LogP contribution in [-0.2, 0) is 5.41 Å². The van der Waals surface area contributed by atoms with Gasteiger partial charge in [-0.1, -0.05) is 37.6 Å². The molecule has 0 aliphatic carbocycles. The van der Waals surface area contributed by atoms with E-state index in [0.717, 1.165) is 5.56 Å². The Balaban J connectivity index is 2.45. The topological polar surface area (TPSA) is 38.0 Å². The predicted molar refractivity (Wildman–Crippen MR) is 82.0 cm³/mol. The van der Waals surface area contributed by atoms with Crippen LogP contribution >= 0.6 is 11.6 Å². The Morgan fingerprint density at radius 2 is 1.81 bits per heavy atom. The van der Waals surface area contributed by atoms with Crippen LogP contribution < -0.4 is 0 Å². The standard InChI is InChI=1S/C16H20ClFN2O/c1-10(2)20-14(13(17)9-19-20)15(21)16(3,4)11-5-7-12(18)8-6-11/h5-10,15,21H,1-4H3. The fraction of sp³-hybridized carbons (Fsp3) is 0.438. The largest absolute Gasteiger partial charge is 0.386 e. The predicted octanol–water partition coefficient (Wildman–Crippen LogP) is 4.27. The molecule has 0 bridgehead atoms. The molecule has 0 aliphatic heterocycles. The first-order valence-electron chi connectivity index (χ1n) is 6.92. The average Bonchev–Trinajstić information content (AvgIpc) is 2.80. The van der Waals surface area contributed by atoms with Crippen molar-refractivity contribution in [2.24, 2.45) is 0 Å². The van der Waals surface area contributed by atoms with Crippen molar-refractivity contribution in [3.63, 3.8) is 0 Å². The number of rotatable bonds is 4. The minimum atomic E-state index is -0.847. The molecule has 1 aromatic heterocycles. The van der Waals surface area contributed by atoms with Crippen molar-refractivity contribution in [2.45, 2.75) is 45.3 Å². The molecule has 0 radical (unpaired) electrons. The molecule has 2 aromatic rings. The average molecular weight is 311 g/mol. The molecular weight excluding hydrogens is 291 g/mol. The summed E-state index contributed by atoms with van der Waals surface area (Å²) < 4.78 is 14.8. The van der Waals surface area contributed by atoms with Gasteiger partial charge in [-0.2, -0.15) is 5.10 Å². The molecule has 3 nitrogen and oxygen atoms in total. The third kappa shape index (κ3) is 2.97. The molecule has 21 heavy (non-hydrogen) atoms. The van der Waals surface area contributed by atoms with E-state index in [2.05, 4.69) is 5.10 Å². The Labute approximate surface area is 129 Å². The van der Waals surface area contributed by atoms with Gasteiger partial charge in [0.2, 0.25) is 0 Å². The van der Waals surface area contributed by atoms with Gasteiger partial charge in [-0.3, -0.25) is 4.68 Å². The van der Waals surface area contributed by atoms with E-state index in [9.17, 15) is 9.50 Å². The highest BCUT2D eigenvalue weighted by molar-refractivity contribution is 6.31. The number of hydrogen-bond donors (Lipinski definition) is 1. The maximum atomic E-state index is 13.1. The lowest BCUT2D eigenvalue weighted by atomic mass is 9.78. The summed E-state index contributed by atoms with van der Waals surface area (Å²) in [5.41, 5.74) is 0.800. The number of aromatic nitrogens is 2. The minimum Gasteiger partial charge on any atom is -0.386 e. The molecule has 0 amide bonds. The van der Waals surface area contributed by atoms with Crippen LogP contribution in [0.3, 0.4) is 0 Å². The zero-order chi connectivity index (χ0) is 15.8. The second kappa shape index (κ2) is 5.78. The molecule has 0 fully saturated rings. The Kier molecular flexibility index (Phi) is 4.40. The van der Waals surface area contributed by atoms with Gasteiger partial charge in [-0.05, 0) is 31.5 Å². The summed E-state index contributed by atoms with van der Waals surface area (Å²) in [4.78, 5) is 0. The van der Waals surface area contributed by atoms with Crippen LogP contribution in [0.2, 0.25) is 5.02 Å². The molecule has 1 atom stereocenters. The molecule has 0 aliphatic rings. The number of benzene rings is 1. The summed E-state index contributed by atoms with van der Waals surface area (Å²) in [6.07, 6.45) is 0.696. The molecule has 0 spiro atoms. The molecule has 0 saturated heterocycles. The number of aliphatic hydroxyl groups excluding tert-OH is 1. The van der Waals surface area contributed by atoms with E-state index in [0.29, 0.717) is 10.7 Å². The molecule has 5 heteroatoms. The zero-order valence-electron chi connectivity index (χ0n) is 12.6. The van der Waals surface area contributed by atoms with Crippen LogP contribution in [0.1, 0.15) is 51.1 Å². The zero-order valence-corrected chi connectivity index (χ0v) is 13.4. The van der Waals surface area contributed by atoms with Gasteiger partial charge in [0.05, 0.1) is 16.9 Å². The minimum absolute atomic E-state index is 0.0890. The third-order valence-corrected chi connectivity index (χ3v) is 4.10. The summed E-state index contributed by atoms with van der Waals surface area (Å²) in [6, 6.07) is 6.24.